The van der Waals surface area contributed by atoms with Gasteiger partial charge in [0.05, 0.1) is 12.7 Å². The molecule has 0 bridgehead atoms. The quantitative estimate of drug-likeness (QED) is 0.166. The fourth-order valence-corrected chi connectivity index (χ4v) is 3.89. The van der Waals surface area contributed by atoms with E-state index in [0.717, 1.165) is 32.1 Å². The molecule has 1 amide bonds. The number of nitrogens with one attached hydrogen (secondary N) is 1. The summed E-state index contributed by atoms with van der Waals surface area (Å²) in [6.07, 6.45) is 6.73. The minimum Gasteiger partial charge on any atom is -0.497 e. The number of aromatic nitrogens is 1. The van der Waals surface area contributed by atoms with E-state index >= 15 is 0 Å². The average molecular weight is 428 g/mol. The number of H-pyrrole nitrogens is 1. The van der Waals surface area contributed by atoms with Crippen molar-refractivity contribution in [1.82, 2.24) is 9.88 Å². The molecule has 0 radical (unpaired) electrons. The van der Waals surface area contributed by atoms with Crippen LogP contribution in [0.15, 0.2) is 29.6 Å². The van der Waals surface area contributed by atoms with Gasteiger partial charge in [-0.05, 0) is 37.8 Å². The number of nitrogens with zero attached hydrogens (tertiary/aromatic N) is 2. The van der Waals surface area contributed by atoms with Gasteiger partial charge in [0.25, 0.3) is 11.7 Å². The molecule has 0 atom stereocenters. The maximum atomic E-state index is 13.1. The molecule has 1 aromatic heterocycles. The first-order valence-electron chi connectivity index (χ1n) is 10.4. The smallest absolute Gasteiger partial charge is 0.354 e. The van der Waals surface area contributed by atoms with Gasteiger partial charge in [-0.25, -0.2) is 4.79 Å². The van der Waals surface area contributed by atoms with E-state index in [-0.39, 0.29) is 23.9 Å². The van der Waals surface area contributed by atoms with Gasteiger partial charge in [-0.3, -0.25) is 9.59 Å². The lowest BCUT2D eigenvalue weighted by Gasteiger charge is -2.28. The van der Waals surface area contributed by atoms with Crippen molar-refractivity contribution >= 4 is 34.4 Å². The SMILES string of the molecule is COc1ccc2c(C(=O)C(=O)N(CC(=O)O/N=C(\C)N)CC3CCCCC3)c[nH]c2c1. The van der Waals surface area contributed by atoms with Crippen LogP contribution in [0.25, 0.3) is 10.9 Å². The van der Waals surface area contributed by atoms with Gasteiger partial charge in [0.1, 0.15) is 18.1 Å². The van der Waals surface area contributed by atoms with E-state index in [1.165, 1.54) is 18.0 Å². The van der Waals surface area contributed by atoms with Crippen molar-refractivity contribution in [3.8, 4) is 5.75 Å². The number of oxime groups is 1. The standard InChI is InChI=1S/C22H28N4O5/c1-14(23)25-31-20(27)13-26(12-15-6-4-3-5-7-15)22(29)21(28)18-11-24-19-10-16(30-2)8-9-17(18)19/h8-11,15,24H,3-7,12-13H2,1-2H3,(H2,23,25). The Morgan fingerprint density at radius 2 is 1.97 bits per heavy atom. The van der Waals surface area contributed by atoms with Crippen LogP contribution in [-0.2, 0) is 14.4 Å². The second kappa shape index (κ2) is 10.1. The van der Waals surface area contributed by atoms with Crippen LogP contribution in [0.4, 0.5) is 0 Å². The highest BCUT2D eigenvalue weighted by Crippen LogP contribution is 2.26. The second-order valence-electron chi connectivity index (χ2n) is 7.83. The molecule has 1 aliphatic rings. The van der Waals surface area contributed by atoms with Gasteiger partial charge in [0.2, 0.25) is 0 Å². The molecule has 3 rings (SSSR count). The van der Waals surface area contributed by atoms with Crippen LogP contribution in [0, 0.1) is 5.92 Å². The number of ether oxygens (including phenoxy) is 1. The van der Waals surface area contributed by atoms with Gasteiger partial charge in [-0.2, -0.15) is 0 Å². The number of amides is 1. The molecule has 166 valence electrons. The number of hydrogen-bond acceptors (Lipinski definition) is 6. The number of nitrogens with two attached hydrogens (primary N) is 1. The molecule has 9 nitrogen and oxygen atoms in total. The first-order valence-corrected chi connectivity index (χ1v) is 10.4. The summed E-state index contributed by atoms with van der Waals surface area (Å²) in [5.74, 6) is -1.21. The summed E-state index contributed by atoms with van der Waals surface area (Å²) in [4.78, 5) is 47.4. The number of methoxy groups -OCH3 is 1. The lowest BCUT2D eigenvalue weighted by atomic mass is 9.89. The van der Waals surface area contributed by atoms with Crippen LogP contribution in [0.5, 0.6) is 5.75 Å². The Bertz CT molecular complexity index is 987. The molecule has 1 aromatic carbocycles. The predicted molar refractivity (Wildman–Crippen MR) is 116 cm³/mol. The number of hydrogen-bond donors (Lipinski definition) is 2. The molecular formula is C22H28N4O5. The zero-order chi connectivity index (χ0) is 22.4. The van der Waals surface area contributed by atoms with Crippen LogP contribution in [0.3, 0.4) is 0 Å². The van der Waals surface area contributed by atoms with Crippen molar-refractivity contribution in [3.63, 3.8) is 0 Å². The molecule has 0 spiro atoms. The van der Waals surface area contributed by atoms with Gasteiger partial charge >= 0.3 is 5.97 Å². The largest absolute Gasteiger partial charge is 0.497 e. The number of carbonyl (C=O) groups is 3. The van der Waals surface area contributed by atoms with Gasteiger partial charge in [0.15, 0.2) is 0 Å². The number of amidine groups is 1. The highest BCUT2D eigenvalue weighted by Gasteiger charge is 2.30. The minimum absolute atomic E-state index is 0.0869. The monoisotopic (exact) mass is 428 g/mol. The molecule has 0 unspecified atom stereocenters. The molecule has 1 heterocycles. The van der Waals surface area contributed by atoms with Crippen LogP contribution < -0.4 is 10.5 Å². The highest BCUT2D eigenvalue weighted by atomic mass is 16.7. The summed E-state index contributed by atoms with van der Waals surface area (Å²) in [5.41, 5.74) is 6.32. The molecule has 1 saturated carbocycles. The zero-order valence-electron chi connectivity index (χ0n) is 17.8. The summed E-state index contributed by atoms with van der Waals surface area (Å²) in [5, 5.41) is 4.05. The number of fused-ring (bicyclic) bond motifs is 1. The van der Waals surface area contributed by atoms with Gasteiger partial charge in [-0.15, -0.1) is 0 Å². The van der Waals surface area contributed by atoms with Crippen molar-refractivity contribution in [1.29, 1.82) is 0 Å². The number of carbonyl (C=O) groups excluding carboxylic acids is 3. The fourth-order valence-electron chi connectivity index (χ4n) is 3.89. The number of Topliss-reactive ketones (excluding diaryl/α,β-unsaturated/α-hetero) is 1. The maximum absolute atomic E-state index is 13.1. The van der Waals surface area contributed by atoms with E-state index in [9.17, 15) is 14.4 Å². The predicted octanol–water partition coefficient (Wildman–Crippen LogP) is 2.60. The Morgan fingerprint density at radius 1 is 1.23 bits per heavy atom. The Balaban J connectivity index is 1.81. The Hall–Kier alpha value is -3.36. The molecule has 3 N–H and O–H groups in total. The third kappa shape index (κ3) is 5.62. The molecule has 31 heavy (non-hydrogen) atoms. The number of benzene rings is 1. The topological polar surface area (TPSA) is 127 Å². The first-order chi connectivity index (χ1) is 14.9. The number of aromatic amines is 1. The molecular weight excluding hydrogens is 400 g/mol. The molecule has 1 aliphatic carbocycles. The van der Waals surface area contributed by atoms with Crippen molar-refractivity contribution < 1.29 is 24.0 Å². The summed E-state index contributed by atoms with van der Waals surface area (Å²) in [6, 6.07) is 5.20. The Morgan fingerprint density at radius 3 is 2.65 bits per heavy atom. The molecule has 0 saturated heterocycles. The lowest BCUT2D eigenvalue weighted by molar-refractivity contribution is -0.148. The van der Waals surface area contributed by atoms with Crippen LogP contribution in [0.1, 0.15) is 49.4 Å². The minimum atomic E-state index is -0.745. The molecule has 9 heteroatoms. The van der Waals surface area contributed by atoms with E-state index in [1.54, 1.807) is 25.3 Å². The van der Waals surface area contributed by atoms with Gasteiger partial charge < -0.3 is 25.2 Å². The van der Waals surface area contributed by atoms with Crippen molar-refractivity contribution in [2.24, 2.45) is 16.8 Å². The van der Waals surface area contributed by atoms with E-state index in [2.05, 4.69) is 10.1 Å². The fraction of sp³-hybridized carbons (Fsp3) is 0.455. The van der Waals surface area contributed by atoms with Gasteiger partial charge in [-0.1, -0.05) is 24.4 Å². The van der Waals surface area contributed by atoms with Crippen molar-refractivity contribution in [2.75, 3.05) is 20.2 Å². The van der Waals surface area contributed by atoms with Crippen molar-refractivity contribution in [2.45, 2.75) is 39.0 Å². The second-order valence-corrected chi connectivity index (χ2v) is 7.83. The number of rotatable bonds is 8. The van der Waals surface area contributed by atoms with E-state index in [0.29, 0.717) is 23.2 Å². The summed E-state index contributed by atoms with van der Waals surface area (Å²) in [6.45, 7) is 1.43. The van der Waals surface area contributed by atoms with E-state index in [1.807, 2.05) is 0 Å². The molecule has 2 aromatic rings. The van der Waals surface area contributed by atoms with E-state index < -0.39 is 17.7 Å². The average Bonchev–Trinajstić information content (AvgIpc) is 3.20. The molecule has 1 fully saturated rings. The van der Waals surface area contributed by atoms with Crippen LogP contribution >= 0.6 is 0 Å². The molecule has 0 aliphatic heterocycles. The summed E-state index contributed by atoms with van der Waals surface area (Å²) < 4.78 is 5.19. The highest BCUT2D eigenvalue weighted by molar-refractivity contribution is 6.45. The Kier molecular flexibility index (Phi) is 7.28. The Labute approximate surface area is 180 Å². The summed E-state index contributed by atoms with van der Waals surface area (Å²) in [7, 11) is 1.55. The van der Waals surface area contributed by atoms with E-state index in [4.69, 9.17) is 15.3 Å². The zero-order valence-corrected chi connectivity index (χ0v) is 17.8. The summed E-state index contributed by atoms with van der Waals surface area (Å²) >= 11 is 0. The lowest BCUT2D eigenvalue weighted by Crippen LogP contribution is -2.43. The maximum Gasteiger partial charge on any atom is 0.354 e. The first kappa shape index (κ1) is 22.3. The third-order valence-electron chi connectivity index (χ3n) is 5.43. The normalized spacial score (nSPS) is 15.0. The van der Waals surface area contributed by atoms with Crippen molar-refractivity contribution in [3.05, 3.63) is 30.0 Å². The third-order valence-corrected chi connectivity index (χ3v) is 5.43. The number of ketones is 1. The van der Waals surface area contributed by atoms with Gasteiger partial charge in [0, 0.05) is 29.7 Å². The van der Waals surface area contributed by atoms with Crippen LogP contribution in [-0.4, -0.2) is 53.6 Å². The van der Waals surface area contributed by atoms with Crippen LogP contribution in [0.2, 0.25) is 0 Å².